The van der Waals surface area contributed by atoms with E-state index >= 15 is 0 Å². The van der Waals surface area contributed by atoms with Crippen molar-refractivity contribution in [3.8, 4) is 0 Å². The van der Waals surface area contributed by atoms with E-state index in [4.69, 9.17) is 11.0 Å². The number of hydrogen-bond donors (Lipinski definition) is 2. The minimum absolute atomic E-state index is 0.0378. The Balaban J connectivity index is 2.54. The maximum atomic E-state index is 10.4. The number of aryl methyl sites for hydroxylation is 1. The molecule has 17 heavy (non-hydrogen) atoms. The highest BCUT2D eigenvalue weighted by molar-refractivity contribution is 5.80. The van der Waals surface area contributed by atoms with Gasteiger partial charge in [0, 0.05) is 6.42 Å². The lowest BCUT2D eigenvalue weighted by Gasteiger charge is -2.03. The van der Waals surface area contributed by atoms with Crippen molar-refractivity contribution in [1.29, 1.82) is 0 Å². The van der Waals surface area contributed by atoms with Gasteiger partial charge in [-0.3, -0.25) is 4.79 Å². The van der Waals surface area contributed by atoms with Crippen LogP contribution in [0.2, 0.25) is 0 Å². The smallest absolute Gasteiger partial charge is 0.303 e. The van der Waals surface area contributed by atoms with Crippen LogP contribution in [0.3, 0.4) is 0 Å². The first-order valence-corrected chi connectivity index (χ1v) is 5.29. The molecule has 0 unspecified atom stereocenters. The molecular formula is C12H16N2O3. The van der Waals surface area contributed by atoms with E-state index in [1.54, 1.807) is 0 Å². The van der Waals surface area contributed by atoms with Gasteiger partial charge in [0.25, 0.3) is 0 Å². The fourth-order valence-electron chi connectivity index (χ4n) is 1.26. The fraction of sp³-hybridized carbons (Fsp3) is 0.333. The van der Waals surface area contributed by atoms with E-state index in [1.165, 1.54) is 5.56 Å². The Morgan fingerprint density at radius 2 is 2.00 bits per heavy atom. The van der Waals surface area contributed by atoms with Gasteiger partial charge in [0.15, 0.2) is 0 Å². The van der Waals surface area contributed by atoms with E-state index in [1.807, 2.05) is 31.2 Å². The minimum Gasteiger partial charge on any atom is -0.481 e. The van der Waals surface area contributed by atoms with Crippen LogP contribution in [0.5, 0.6) is 0 Å². The Morgan fingerprint density at radius 3 is 2.53 bits per heavy atom. The SMILES string of the molecule is Cc1ccc(CN=C(CCC(=O)O)ON)cc1. The summed E-state index contributed by atoms with van der Waals surface area (Å²) in [6.07, 6.45) is 0.168. The van der Waals surface area contributed by atoms with E-state index in [0.29, 0.717) is 6.54 Å². The third-order valence-corrected chi connectivity index (χ3v) is 2.25. The molecule has 1 rings (SSSR count). The average Bonchev–Trinajstić information content (AvgIpc) is 2.31. The van der Waals surface area contributed by atoms with Crippen LogP contribution >= 0.6 is 0 Å². The summed E-state index contributed by atoms with van der Waals surface area (Å²) in [6, 6.07) is 7.91. The van der Waals surface area contributed by atoms with E-state index < -0.39 is 5.97 Å². The second kappa shape index (κ2) is 6.65. The van der Waals surface area contributed by atoms with E-state index in [-0.39, 0.29) is 18.7 Å². The molecule has 0 heterocycles. The standard InChI is InChI=1S/C12H16N2O3/c1-9-2-4-10(5-3-9)8-14-11(17-13)6-7-12(15)16/h2-5H,6-8,13H2,1H3,(H,15,16). The van der Waals surface area contributed by atoms with Gasteiger partial charge in [0.1, 0.15) is 0 Å². The van der Waals surface area contributed by atoms with Crippen LogP contribution in [0.15, 0.2) is 29.3 Å². The zero-order valence-electron chi connectivity index (χ0n) is 9.72. The maximum Gasteiger partial charge on any atom is 0.303 e. The monoisotopic (exact) mass is 236 g/mol. The molecule has 0 aliphatic rings. The van der Waals surface area contributed by atoms with E-state index in [2.05, 4.69) is 9.83 Å². The van der Waals surface area contributed by atoms with Gasteiger partial charge in [0.2, 0.25) is 5.90 Å². The molecule has 5 heteroatoms. The van der Waals surface area contributed by atoms with Gasteiger partial charge < -0.3 is 9.94 Å². The number of nitrogens with zero attached hydrogens (tertiary/aromatic N) is 1. The zero-order chi connectivity index (χ0) is 12.7. The lowest BCUT2D eigenvalue weighted by atomic mass is 10.1. The fourth-order valence-corrected chi connectivity index (χ4v) is 1.26. The van der Waals surface area contributed by atoms with Crippen LogP contribution in [-0.2, 0) is 16.2 Å². The van der Waals surface area contributed by atoms with Crippen molar-refractivity contribution < 1.29 is 14.7 Å². The average molecular weight is 236 g/mol. The van der Waals surface area contributed by atoms with E-state index in [0.717, 1.165) is 5.56 Å². The topological polar surface area (TPSA) is 84.9 Å². The number of carboxylic acids is 1. The first-order valence-electron chi connectivity index (χ1n) is 5.29. The first kappa shape index (κ1) is 13.2. The molecule has 0 bridgehead atoms. The zero-order valence-corrected chi connectivity index (χ0v) is 9.72. The highest BCUT2D eigenvalue weighted by Crippen LogP contribution is 2.05. The van der Waals surface area contributed by atoms with Crippen molar-refractivity contribution in [1.82, 2.24) is 0 Å². The van der Waals surface area contributed by atoms with Gasteiger partial charge in [-0.1, -0.05) is 29.8 Å². The predicted molar refractivity (Wildman–Crippen MR) is 64.5 cm³/mol. The van der Waals surface area contributed by atoms with Crippen molar-refractivity contribution in [3.63, 3.8) is 0 Å². The normalized spacial score (nSPS) is 11.3. The summed E-state index contributed by atoms with van der Waals surface area (Å²) < 4.78 is 0. The molecule has 3 N–H and O–H groups in total. The quantitative estimate of drug-likeness (QED) is 0.462. The van der Waals surface area contributed by atoms with Crippen molar-refractivity contribution in [2.45, 2.75) is 26.3 Å². The molecule has 0 spiro atoms. The molecule has 0 aliphatic carbocycles. The summed E-state index contributed by atoms with van der Waals surface area (Å²) in [7, 11) is 0. The molecule has 0 saturated carbocycles. The molecular weight excluding hydrogens is 220 g/mol. The van der Waals surface area contributed by atoms with Crippen LogP contribution in [0.1, 0.15) is 24.0 Å². The molecule has 1 aromatic rings. The Hall–Kier alpha value is -1.88. The van der Waals surface area contributed by atoms with Crippen molar-refractivity contribution >= 4 is 11.9 Å². The number of carbonyl (C=O) groups is 1. The van der Waals surface area contributed by atoms with Crippen molar-refractivity contribution in [3.05, 3.63) is 35.4 Å². The van der Waals surface area contributed by atoms with Gasteiger partial charge in [-0.25, -0.2) is 4.99 Å². The number of aliphatic imine (C=N–C) groups is 1. The molecule has 0 aliphatic heterocycles. The minimum atomic E-state index is -0.898. The summed E-state index contributed by atoms with van der Waals surface area (Å²) in [6.45, 7) is 2.45. The van der Waals surface area contributed by atoms with Crippen LogP contribution < -0.4 is 5.90 Å². The molecule has 0 saturated heterocycles. The Bertz CT molecular complexity index is 399. The van der Waals surface area contributed by atoms with Gasteiger partial charge in [-0.15, -0.1) is 0 Å². The number of carboxylic acid groups (broad SMARTS) is 1. The largest absolute Gasteiger partial charge is 0.481 e. The number of hydrogen-bond acceptors (Lipinski definition) is 4. The number of nitrogens with two attached hydrogens (primary N) is 1. The summed E-state index contributed by atoms with van der Waals surface area (Å²) in [5.74, 6) is 4.38. The van der Waals surface area contributed by atoms with Crippen LogP contribution in [0.4, 0.5) is 0 Å². The van der Waals surface area contributed by atoms with Gasteiger partial charge >= 0.3 is 5.97 Å². The number of aliphatic carboxylic acids is 1. The van der Waals surface area contributed by atoms with Gasteiger partial charge in [-0.05, 0) is 12.5 Å². The Morgan fingerprint density at radius 1 is 1.35 bits per heavy atom. The summed E-state index contributed by atoms with van der Waals surface area (Å²) in [5.41, 5.74) is 2.21. The Kier molecular flexibility index (Phi) is 5.16. The Labute approximate surface area is 99.9 Å². The highest BCUT2D eigenvalue weighted by atomic mass is 16.6. The van der Waals surface area contributed by atoms with Gasteiger partial charge in [-0.2, -0.15) is 5.90 Å². The molecule has 1 aromatic carbocycles. The van der Waals surface area contributed by atoms with Gasteiger partial charge in [0.05, 0.1) is 13.0 Å². The summed E-state index contributed by atoms with van der Waals surface area (Å²) >= 11 is 0. The van der Waals surface area contributed by atoms with Crippen LogP contribution in [0, 0.1) is 6.92 Å². The molecule has 92 valence electrons. The molecule has 0 amide bonds. The highest BCUT2D eigenvalue weighted by Gasteiger charge is 2.04. The molecule has 0 aromatic heterocycles. The third-order valence-electron chi connectivity index (χ3n) is 2.25. The summed E-state index contributed by atoms with van der Waals surface area (Å²) in [5, 5.41) is 8.52. The molecule has 0 fully saturated rings. The first-order chi connectivity index (χ1) is 8.11. The van der Waals surface area contributed by atoms with Crippen molar-refractivity contribution in [2.24, 2.45) is 10.9 Å². The predicted octanol–water partition coefficient (Wildman–Crippen LogP) is 1.65. The lowest BCUT2D eigenvalue weighted by Crippen LogP contribution is -2.12. The molecule has 0 radical (unpaired) electrons. The molecule has 5 nitrogen and oxygen atoms in total. The second-order valence-electron chi connectivity index (χ2n) is 3.71. The maximum absolute atomic E-state index is 10.4. The van der Waals surface area contributed by atoms with Crippen LogP contribution in [0.25, 0.3) is 0 Å². The third kappa shape index (κ3) is 5.12. The van der Waals surface area contributed by atoms with Crippen LogP contribution in [-0.4, -0.2) is 17.0 Å². The van der Waals surface area contributed by atoms with E-state index in [9.17, 15) is 4.79 Å². The number of benzene rings is 1. The number of rotatable bonds is 5. The second-order valence-corrected chi connectivity index (χ2v) is 3.71. The summed E-state index contributed by atoms with van der Waals surface area (Å²) in [4.78, 5) is 19.0. The van der Waals surface area contributed by atoms with Crippen molar-refractivity contribution in [2.75, 3.05) is 0 Å². The molecule has 0 atom stereocenters. The lowest BCUT2D eigenvalue weighted by molar-refractivity contribution is -0.136.